The highest BCUT2D eigenvalue weighted by molar-refractivity contribution is 7.99. The van der Waals surface area contributed by atoms with E-state index in [1.54, 1.807) is 0 Å². The molecule has 0 saturated carbocycles. The number of rotatable bonds is 3. The molecule has 1 N–H and O–H groups in total. The highest BCUT2D eigenvalue weighted by atomic mass is 32.2. The van der Waals surface area contributed by atoms with Crippen LogP contribution in [0.1, 0.15) is 0 Å². The van der Waals surface area contributed by atoms with E-state index in [0.717, 1.165) is 17.8 Å². The Balaban J connectivity index is 2.43. The second kappa shape index (κ2) is 4.96. The minimum absolute atomic E-state index is 0.0781. The summed E-state index contributed by atoms with van der Waals surface area (Å²) in [6, 6.07) is 4.96. The minimum Gasteiger partial charge on any atom is -0.301 e. The molecule has 8 heteroatoms. The number of nitrogens with zero attached hydrogens (tertiary/aromatic N) is 2. The van der Waals surface area contributed by atoms with Gasteiger partial charge in [0.1, 0.15) is 0 Å². The van der Waals surface area contributed by atoms with Crippen LogP contribution in [-0.2, 0) is 0 Å². The van der Waals surface area contributed by atoms with Crippen LogP contribution in [0.25, 0.3) is 0 Å². The Morgan fingerprint density at radius 2 is 2.17 bits per heavy atom. The lowest BCUT2D eigenvalue weighted by molar-refractivity contribution is -0.390. The molecule has 0 atom stereocenters. The van der Waals surface area contributed by atoms with Gasteiger partial charge < -0.3 is 4.98 Å². The molecule has 0 aliphatic carbocycles. The van der Waals surface area contributed by atoms with Crippen LogP contribution < -0.4 is 5.56 Å². The largest absolute Gasteiger partial charge is 0.318 e. The number of hydrogen-bond acceptors (Lipinski definition) is 5. The second-order valence-corrected chi connectivity index (χ2v) is 4.22. The number of H-pyrrole nitrogens is 1. The third kappa shape index (κ3) is 2.54. The fraction of sp³-hybridized carbons (Fsp3) is 0. The summed E-state index contributed by atoms with van der Waals surface area (Å²) in [6.45, 7) is 0. The summed E-state index contributed by atoms with van der Waals surface area (Å²) >= 11 is 0.823. The van der Waals surface area contributed by atoms with Crippen molar-refractivity contribution < 1.29 is 9.31 Å². The lowest BCUT2D eigenvalue weighted by Crippen LogP contribution is -2.05. The maximum Gasteiger partial charge on any atom is 0.318 e. The molecule has 0 radical (unpaired) electrons. The van der Waals surface area contributed by atoms with Crippen LogP contribution in [0.3, 0.4) is 0 Å². The SMILES string of the molecule is O=c1ccnc(Sc2cccc(F)c2[N+](=O)[O-])[nH]1. The van der Waals surface area contributed by atoms with E-state index >= 15 is 0 Å². The molecule has 6 nitrogen and oxygen atoms in total. The first kappa shape index (κ1) is 12.2. The summed E-state index contributed by atoms with van der Waals surface area (Å²) in [4.78, 5) is 27.3. The van der Waals surface area contributed by atoms with E-state index in [-0.39, 0.29) is 15.6 Å². The molecule has 2 aromatic rings. The number of nitrogens with one attached hydrogen (secondary N) is 1. The van der Waals surface area contributed by atoms with Gasteiger partial charge in [-0.25, -0.2) is 4.98 Å². The van der Waals surface area contributed by atoms with Crippen LogP contribution in [0.2, 0.25) is 0 Å². The Hall–Kier alpha value is -2.22. The number of halogens is 1. The second-order valence-electron chi connectivity index (χ2n) is 3.18. The highest BCUT2D eigenvalue weighted by Crippen LogP contribution is 2.33. The Bertz CT molecular complexity index is 659. The molecule has 0 fully saturated rings. The fourth-order valence-corrected chi connectivity index (χ4v) is 2.15. The molecule has 0 aliphatic heterocycles. The molecule has 1 heterocycles. The van der Waals surface area contributed by atoms with Crippen LogP contribution in [0.4, 0.5) is 10.1 Å². The van der Waals surface area contributed by atoms with Gasteiger partial charge in [0, 0.05) is 12.3 Å². The smallest absolute Gasteiger partial charge is 0.301 e. The standard InChI is InChI=1S/C10H6FN3O3S/c11-6-2-1-3-7(9(6)14(16)17)18-10-12-5-4-8(15)13-10/h1-5H,(H,12,13,15). The number of hydrogen-bond donors (Lipinski definition) is 1. The molecule has 0 amide bonds. The summed E-state index contributed by atoms with van der Waals surface area (Å²) < 4.78 is 13.3. The fourth-order valence-electron chi connectivity index (χ4n) is 1.26. The van der Waals surface area contributed by atoms with Crippen molar-refractivity contribution in [2.24, 2.45) is 0 Å². The van der Waals surface area contributed by atoms with Gasteiger partial charge in [0.2, 0.25) is 5.82 Å². The average Bonchev–Trinajstić information content (AvgIpc) is 2.28. The van der Waals surface area contributed by atoms with Crippen LogP contribution >= 0.6 is 11.8 Å². The number of para-hydroxylation sites is 1. The first-order valence-electron chi connectivity index (χ1n) is 4.74. The number of benzene rings is 1. The lowest BCUT2D eigenvalue weighted by atomic mass is 10.3. The third-order valence-corrected chi connectivity index (χ3v) is 2.94. The Labute approximate surface area is 104 Å². The van der Waals surface area contributed by atoms with E-state index in [4.69, 9.17) is 0 Å². The van der Waals surface area contributed by atoms with Crippen LogP contribution in [0.15, 0.2) is 45.3 Å². The molecule has 0 unspecified atom stereocenters. The van der Waals surface area contributed by atoms with Crippen molar-refractivity contribution in [2.45, 2.75) is 10.1 Å². The summed E-state index contributed by atoms with van der Waals surface area (Å²) in [7, 11) is 0. The molecule has 2 rings (SSSR count). The van der Waals surface area contributed by atoms with Crippen LogP contribution in [-0.4, -0.2) is 14.9 Å². The maximum absolute atomic E-state index is 13.3. The van der Waals surface area contributed by atoms with E-state index in [1.165, 1.54) is 24.4 Å². The van der Waals surface area contributed by atoms with E-state index in [9.17, 15) is 19.3 Å². The minimum atomic E-state index is -0.928. The number of nitro benzene ring substituents is 1. The van der Waals surface area contributed by atoms with Gasteiger partial charge in [-0.15, -0.1) is 0 Å². The van der Waals surface area contributed by atoms with Crippen molar-refractivity contribution in [3.63, 3.8) is 0 Å². The quantitative estimate of drug-likeness (QED) is 0.521. The van der Waals surface area contributed by atoms with Gasteiger partial charge in [0.25, 0.3) is 5.56 Å². The lowest BCUT2D eigenvalue weighted by Gasteiger charge is -2.02. The van der Waals surface area contributed by atoms with E-state index in [0.29, 0.717) is 0 Å². The zero-order valence-electron chi connectivity index (χ0n) is 8.79. The molecule has 0 spiro atoms. The molecule has 1 aromatic heterocycles. The molecular weight excluding hydrogens is 261 g/mol. The third-order valence-electron chi connectivity index (χ3n) is 1.99. The maximum atomic E-state index is 13.3. The van der Waals surface area contributed by atoms with Gasteiger partial charge in [0.05, 0.1) is 9.82 Å². The van der Waals surface area contributed by atoms with Crippen molar-refractivity contribution in [1.82, 2.24) is 9.97 Å². The van der Waals surface area contributed by atoms with Gasteiger partial charge in [0.15, 0.2) is 5.16 Å². The normalized spacial score (nSPS) is 10.3. The summed E-state index contributed by atoms with van der Waals surface area (Å²) in [5.74, 6) is -0.928. The van der Waals surface area contributed by atoms with Crippen molar-refractivity contribution in [1.29, 1.82) is 0 Å². The topological polar surface area (TPSA) is 88.9 Å². The summed E-state index contributed by atoms with van der Waals surface area (Å²) in [5, 5.41) is 10.9. The van der Waals surface area contributed by atoms with Crippen molar-refractivity contribution >= 4 is 17.4 Å². The predicted octanol–water partition coefficient (Wildman–Crippen LogP) is 1.97. The first-order valence-corrected chi connectivity index (χ1v) is 5.55. The van der Waals surface area contributed by atoms with E-state index < -0.39 is 16.4 Å². The van der Waals surface area contributed by atoms with Crippen molar-refractivity contribution in [2.75, 3.05) is 0 Å². The Kier molecular flexibility index (Phi) is 3.38. The predicted molar refractivity (Wildman–Crippen MR) is 62.0 cm³/mol. The van der Waals surface area contributed by atoms with Gasteiger partial charge in [-0.1, -0.05) is 6.07 Å². The zero-order chi connectivity index (χ0) is 13.1. The highest BCUT2D eigenvalue weighted by Gasteiger charge is 2.20. The molecule has 0 aliphatic rings. The molecular formula is C10H6FN3O3S. The van der Waals surface area contributed by atoms with Crippen molar-refractivity contribution in [3.05, 3.63) is 56.7 Å². The Morgan fingerprint density at radius 3 is 2.83 bits per heavy atom. The van der Waals surface area contributed by atoms with Crippen LogP contribution in [0, 0.1) is 15.9 Å². The van der Waals surface area contributed by atoms with E-state index in [1.807, 2.05) is 0 Å². The van der Waals surface area contributed by atoms with Gasteiger partial charge in [-0.05, 0) is 23.9 Å². The molecule has 1 aromatic carbocycles. The summed E-state index contributed by atoms with van der Waals surface area (Å²) in [6.07, 6.45) is 1.27. The summed E-state index contributed by atoms with van der Waals surface area (Å²) in [5.41, 5.74) is -1.01. The molecule has 0 saturated heterocycles. The molecule has 92 valence electrons. The number of aromatic nitrogens is 2. The first-order chi connectivity index (χ1) is 8.58. The number of aromatic amines is 1. The molecule has 18 heavy (non-hydrogen) atoms. The van der Waals surface area contributed by atoms with Gasteiger partial charge in [-0.2, -0.15) is 4.39 Å². The molecule has 0 bridgehead atoms. The monoisotopic (exact) mass is 267 g/mol. The van der Waals surface area contributed by atoms with Gasteiger partial charge in [-0.3, -0.25) is 14.9 Å². The van der Waals surface area contributed by atoms with E-state index in [2.05, 4.69) is 9.97 Å². The number of nitro groups is 1. The Morgan fingerprint density at radius 1 is 1.39 bits per heavy atom. The van der Waals surface area contributed by atoms with Crippen molar-refractivity contribution in [3.8, 4) is 0 Å². The van der Waals surface area contributed by atoms with Crippen LogP contribution in [0.5, 0.6) is 0 Å². The van der Waals surface area contributed by atoms with Gasteiger partial charge >= 0.3 is 5.69 Å². The average molecular weight is 267 g/mol. The zero-order valence-corrected chi connectivity index (χ0v) is 9.61.